The summed E-state index contributed by atoms with van der Waals surface area (Å²) in [6, 6.07) is 1.85. The van der Waals surface area contributed by atoms with Crippen LogP contribution in [0.1, 0.15) is 13.8 Å². The van der Waals surface area contributed by atoms with Crippen molar-refractivity contribution in [2.75, 3.05) is 14.2 Å². The molecule has 0 rings (SSSR count). The highest BCUT2D eigenvalue weighted by Gasteiger charge is 2.33. The quantitative estimate of drug-likeness (QED) is 0.351. The molecule has 0 atom stereocenters. The van der Waals surface area contributed by atoms with Gasteiger partial charge in [-0.15, -0.1) is 0 Å². The molecule has 0 saturated carbocycles. The van der Waals surface area contributed by atoms with Gasteiger partial charge in [-0.25, -0.2) is 4.89 Å². The molecule has 0 fully saturated rings. The van der Waals surface area contributed by atoms with Gasteiger partial charge in [-0.3, -0.25) is 4.58 Å². The zero-order chi connectivity index (χ0) is 8.04. The van der Waals surface area contributed by atoms with E-state index in [-0.39, 0.29) is 0 Å². The molecule has 0 unspecified atom stereocenters. The van der Waals surface area contributed by atoms with Crippen LogP contribution in [0.4, 0.5) is 0 Å². The third-order valence-corrected chi connectivity index (χ3v) is 5.05. The summed E-state index contributed by atoms with van der Waals surface area (Å²) >= 11 is 0. The van der Waals surface area contributed by atoms with E-state index >= 15 is 0 Å². The van der Waals surface area contributed by atoms with Crippen LogP contribution in [0.3, 0.4) is 0 Å². The molecular formula is C6H16O3Si. The van der Waals surface area contributed by atoms with E-state index in [0.29, 0.717) is 0 Å². The molecule has 0 aliphatic rings. The second-order valence-electron chi connectivity index (χ2n) is 2.07. The molecule has 0 N–H and O–H groups in total. The molecule has 0 aromatic rings. The molecule has 0 spiro atoms. The summed E-state index contributed by atoms with van der Waals surface area (Å²) in [6.45, 7) is 4.11. The first-order chi connectivity index (χ1) is 4.74. The third kappa shape index (κ3) is 2.38. The molecule has 0 aromatic heterocycles. The maximum Gasteiger partial charge on any atom is 0.374 e. The first-order valence-electron chi connectivity index (χ1n) is 3.51. The zero-order valence-electron chi connectivity index (χ0n) is 7.14. The molecule has 0 heterocycles. The van der Waals surface area contributed by atoms with Crippen molar-refractivity contribution in [3.63, 3.8) is 0 Å². The lowest BCUT2D eigenvalue weighted by Gasteiger charge is -2.23. The Bertz CT molecular complexity index is 74.8. The third-order valence-electron chi connectivity index (χ3n) is 1.68. The van der Waals surface area contributed by atoms with E-state index in [4.69, 9.17) is 9.00 Å². The van der Waals surface area contributed by atoms with E-state index in [2.05, 4.69) is 18.7 Å². The molecule has 62 valence electrons. The topological polar surface area (TPSA) is 27.7 Å². The van der Waals surface area contributed by atoms with Gasteiger partial charge < -0.3 is 4.43 Å². The summed E-state index contributed by atoms with van der Waals surface area (Å²) < 4.78 is 10.4. The minimum absolute atomic E-state index is 0.924. The van der Waals surface area contributed by atoms with Gasteiger partial charge >= 0.3 is 8.56 Å². The summed E-state index contributed by atoms with van der Waals surface area (Å²) in [7, 11) is 1.26. The fourth-order valence-electron chi connectivity index (χ4n) is 0.842. The second kappa shape index (κ2) is 4.84. The van der Waals surface area contributed by atoms with Gasteiger partial charge in [0.05, 0.1) is 7.11 Å². The number of hydrogen-bond donors (Lipinski definition) is 0. The van der Waals surface area contributed by atoms with Crippen LogP contribution in [-0.2, 0) is 13.9 Å². The Balaban J connectivity index is 3.87. The summed E-state index contributed by atoms with van der Waals surface area (Å²) in [5.41, 5.74) is 0. The summed E-state index contributed by atoms with van der Waals surface area (Å²) in [4.78, 5) is 4.62. The van der Waals surface area contributed by atoms with Crippen LogP contribution in [0, 0.1) is 0 Å². The Labute approximate surface area is 63.5 Å². The largest absolute Gasteiger partial charge is 0.396 e. The molecular weight excluding hydrogens is 148 g/mol. The fourth-order valence-corrected chi connectivity index (χ4v) is 2.53. The maximum atomic E-state index is 5.27. The average Bonchev–Trinajstić information content (AvgIpc) is 2.01. The summed E-state index contributed by atoms with van der Waals surface area (Å²) in [6.07, 6.45) is 0. The van der Waals surface area contributed by atoms with Gasteiger partial charge in [-0.2, -0.15) is 0 Å². The van der Waals surface area contributed by atoms with Crippen molar-refractivity contribution in [3.8, 4) is 0 Å². The highest BCUT2D eigenvalue weighted by atomic mass is 28.4. The minimum atomic E-state index is -1.94. The predicted octanol–water partition coefficient (Wildman–Crippen LogP) is 1.69. The Kier molecular flexibility index (Phi) is 4.89. The molecule has 0 aromatic carbocycles. The lowest BCUT2D eigenvalue weighted by Crippen LogP contribution is -2.39. The molecule has 3 nitrogen and oxygen atoms in total. The second-order valence-corrected chi connectivity index (χ2v) is 5.88. The molecule has 10 heavy (non-hydrogen) atoms. The highest BCUT2D eigenvalue weighted by Crippen LogP contribution is 2.16. The van der Waals surface area contributed by atoms with Crippen molar-refractivity contribution in [2.24, 2.45) is 0 Å². The Morgan fingerprint density at radius 1 is 1.10 bits per heavy atom. The Morgan fingerprint density at radius 3 is 1.70 bits per heavy atom. The van der Waals surface area contributed by atoms with E-state index in [1.165, 1.54) is 7.11 Å². The van der Waals surface area contributed by atoms with E-state index < -0.39 is 8.56 Å². The van der Waals surface area contributed by atoms with Gasteiger partial charge in [-0.05, 0) is 12.1 Å². The van der Waals surface area contributed by atoms with Gasteiger partial charge in [0.25, 0.3) is 0 Å². The van der Waals surface area contributed by atoms with Crippen LogP contribution in [0.25, 0.3) is 0 Å². The molecule has 0 radical (unpaired) electrons. The van der Waals surface area contributed by atoms with Crippen LogP contribution < -0.4 is 0 Å². The van der Waals surface area contributed by atoms with Crippen molar-refractivity contribution in [3.05, 3.63) is 0 Å². The van der Waals surface area contributed by atoms with Crippen LogP contribution >= 0.6 is 0 Å². The Morgan fingerprint density at radius 2 is 1.60 bits per heavy atom. The van der Waals surface area contributed by atoms with E-state index in [1.807, 2.05) is 0 Å². The molecule has 4 heteroatoms. The average molecular weight is 164 g/mol. The van der Waals surface area contributed by atoms with Gasteiger partial charge in [-0.1, -0.05) is 13.8 Å². The molecule has 0 aliphatic heterocycles. The van der Waals surface area contributed by atoms with Gasteiger partial charge in [0.1, 0.15) is 0 Å². The molecule has 0 saturated heterocycles. The van der Waals surface area contributed by atoms with Crippen molar-refractivity contribution < 1.29 is 13.9 Å². The number of rotatable bonds is 5. The van der Waals surface area contributed by atoms with Crippen LogP contribution in [0.5, 0.6) is 0 Å². The first-order valence-corrected chi connectivity index (χ1v) is 5.74. The normalized spacial score (nSPS) is 12.0. The lowest BCUT2D eigenvalue weighted by atomic mass is 10.9. The zero-order valence-corrected chi connectivity index (χ0v) is 8.14. The van der Waals surface area contributed by atoms with Crippen LogP contribution in [0.15, 0.2) is 0 Å². The SMILES string of the molecule is CC[Si](CC)(OC)OOC. The lowest BCUT2D eigenvalue weighted by molar-refractivity contribution is -0.206. The number of hydrogen-bond acceptors (Lipinski definition) is 3. The van der Waals surface area contributed by atoms with E-state index in [0.717, 1.165) is 12.1 Å². The first kappa shape index (κ1) is 10.1. The highest BCUT2D eigenvalue weighted by molar-refractivity contribution is 6.66. The molecule has 0 aliphatic carbocycles. The van der Waals surface area contributed by atoms with Crippen molar-refractivity contribution in [1.29, 1.82) is 0 Å². The summed E-state index contributed by atoms with van der Waals surface area (Å²) in [5, 5.41) is 0. The monoisotopic (exact) mass is 164 g/mol. The maximum absolute atomic E-state index is 5.27. The Hall–Kier alpha value is 0.0969. The summed E-state index contributed by atoms with van der Waals surface area (Å²) in [5.74, 6) is 0. The van der Waals surface area contributed by atoms with E-state index in [1.54, 1.807) is 7.11 Å². The van der Waals surface area contributed by atoms with Gasteiger partial charge in [0.2, 0.25) is 0 Å². The van der Waals surface area contributed by atoms with E-state index in [9.17, 15) is 0 Å². The van der Waals surface area contributed by atoms with Crippen LogP contribution in [0.2, 0.25) is 12.1 Å². The van der Waals surface area contributed by atoms with Crippen molar-refractivity contribution in [1.82, 2.24) is 0 Å². The van der Waals surface area contributed by atoms with Crippen LogP contribution in [-0.4, -0.2) is 22.8 Å². The van der Waals surface area contributed by atoms with Gasteiger partial charge in [0.15, 0.2) is 0 Å². The predicted molar refractivity (Wildman–Crippen MR) is 41.8 cm³/mol. The standard InChI is InChI=1S/C6H16O3Si/c1-5-10(6-2,8-4)9-7-3/h5-6H2,1-4H3. The molecule has 0 amide bonds. The smallest absolute Gasteiger partial charge is 0.374 e. The van der Waals surface area contributed by atoms with Crippen molar-refractivity contribution >= 4 is 8.56 Å². The fraction of sp³-hybridized carbons (Fsp3) is 1.00. The molecule has 0 bridgehead atoms. The minimum Gasteiger partial charge on any atom is -0.396 e. The van der Waals surface area contributed by atoms with Crippen molar-refractivity contribution in [2.45, 2.75) is 25.9 Å². The van der Waals surface area contributed by atoms with Gasteiger partial charge in [0, 0.05) is 7.11 Å².